The number of thiophene rings is 1. The molecule has 2 rings (SSSR count). The van der Waals surface area contributed by atoms with Crippen molar-refractivity contribution in [3.05, 3.63) is 34.5 Å². The van der Waals surface area contributed by atoms with E-state index in [4.69, 9.17) is 5.73 Å². The number of fused-ring (bicyclic) bond motifs is 1. The van der Waals surface area contributed by atoms with Gasteiger partial charge in [0.05, 0.1) is 0 Å². The van der Waals surface area contributed by atoms with Crippen LogP contribution in [0.2, 0.25) is 0 Å². The van der Waals surface area contributed by atoms with Crippen LogP contribution < -0.4 is 5.73 Å². The Labute approximate surface area is 99.1 Å². The van der Waals surface area contributed by atoms with E-state index in [1.807, 2.05) is 6.07 Å². The third-order valence-electron chi connectivity index (χ3n) is 2.66. The molecule has 0 spiro atoms. The molecule has 0 fully saturated rings. The van der Waals surface area contributed by atoms with Crippen molar-refractivity contribution in [2.45, 2.75) is 32.7 Å². The third kappa shape index (κ3) is 1.85. The van der Waals surface area contributed by atoms with Gasteiger partial charge in [0.15, 0.2) is 0 Å². The van der Waals surface area contributed by atoms with Crippen LogP contribution >= 0.6 is 11.3 Å². The second kappa shape index (κ2) is 3.82. The van der Waals surface area contributed by atoms with Crippen molar-refractivity contribution in [2.75, 3.05) is 0 Å². The smallest absolute Gasteiger partial charge is 0.123 e. The van der Waals surface area contributed by atoms with Gasteiger partial charge in [0.2, 0.25) is 0 Å². The Hall–Kier alpha value is -0.930. The average molecular weight is 237 g/mol. The van der Waals surface area contributed by atoms with Crippen molar-refractivity contribution >= 4 is 21.4 Å². The van der Waals surface area contributed by atoms with Crippen LogP contribution in [0.15, 0.2) is 18.2 Å². The lowest BCUT2D eigenvalue weighted by molar-refractivity contribution is 0.590. The Morgan fingerprint density at radius 2 is 2.00 bits per heavy atom. The number of nitrogens with two attached hydrogens (primary N) is 1. The van der Waals surface area contributed by atoms with Gasteiger partial charge in [-0.15, -0.1) is 11.3 Å². The highest BCUT2D eigenvalue weighted by molar-refractivity contribution is 7.19. The van der Waals surface area contributed by atoms with Gasteiger partial charge in [-0.2, -0.15) is 0 Å². The summed E-state index contributed by atoms with van der Waals surface area (Å²) in [6.07, 6.45) is 0. The molecule has 16 heavy (non-hydrogen) atoms. The zero-order chi connectivity index (χ0) is 11.9. The molecule has 0 unspecified atom stereocenters. The molecular weight excluding hydrogens is 221 g/mol. The highest BCUT2D eigenvalue weighted by Gasteiger charge is 2.23. The molecule has 0 saturated heterocycles. The summed E-state index contributed by atoms with van der Waals surface area (Å²) < 4.78 is 14.4. The van der Waals surface area contributed by atoms with Crippen molar-refractivity contribution < 1.29 is 4.39 Å². The fourth-order valence-electron chi connectivity index (χ4n) is 2.09. The monoisotopic (exact) mass is 237 g/mol. The van der Waals surface area contributed by atoms with Crippen LogP contribution in [0.25, 0.3) is 10.1 Å². The summed E-state index contributed by atoms with van der Waals surface area (Å²) >= 11 is 1.67. The molecular formula is C13H16FNS. The molecule has 0 bridgehead atoms. The average Bonchev–Trinajstić information content (AvgIpc) is 2.54. The lowest BCUT2D eigenvalue weighted by Crippen LogP contribution is -2.14. The van der Waals surface area contributed by atoms with Crippen molar-refractivity contribution in [1.29, 1.82) is 0 Å². The zero-order valence-electron chi connectivity index (χ0n) is 9.80. The van der Waals surface area contributed by atoms with Crippen LogP contribution in [0.5, 0.6) is 0 Å². The maximum atomic E-state index is 13.3. The standard InChI is InChI=1S/C13H16FNS/c1-13(2,3)12-9-6-8(14)4-5-10(9)16-11(12)7-15/h4-6H,7,15H2,1-3H3. The fraction of sp³-hybridized carbons (Fsp3) is 0.385. The maximum Gasteiger partial charge on any atom is 0.123 e. The molecule has 0 atom stereocenters. The summed E-state index contributed by atoms with van der Waals surface area (Å²) in [5, 5.41) is 1.01. The van der Waals surface area contributed by atoms with Crippen LogP contribution in [-0.4, -0.2) is 0 Å². The first-order chi connectivity index (χ1) is 7.43. The minimum Gasteiger partial charge on any atom is -0.326 e. The van der Waals surface area contributed by atoms with E-state index >= 15 is 0 Å². The van der Waals surface area contributed by atoms with Gasteiger partial charge in [0.1, 0.15) is 5.82 Å². The van der Waals surface area contributed by atoms with Crippen molar-refractivity contribution in [1.82, 2.24) is 0 Å². The Morgan fingerprint density at radius 1 is 1.31 bits per heavy atom. The van der Waals surface area contributed by atoms with E-state index < -0.39 is 0 Å². The van der Waals surface area contributed by atoms with E-state index in [1.165, 1.54) is 11.6 Å². The highest BCUT2D eigenvalue weighted by Crippen LogP contribution is 2.39. The first kappa shape index (κ1) is 11.6. The molecule has 1 heterocycles. The number of hydrogen-bond donors (Lipinski definition) is 1. The second-order valence-corrected chi connectivity index (χ2v) is 6.13. The van der Waals surface area contributed by atoms with Gasteiger partial charge >= 0.3 is 0 Å². The van der Waals surface area contributed by atoms with Gasteiger partial charge in [-0.05, 0) is 34.6 Å². The Kier molecular flexibility index (Phi) is 2.76. The molecule has 86 valence electrons. The van der Waals surface area contributed by atoms with Crippen LogP contribution in [0.4, 0.5) is 4.39 Å². The highest BCUT2D eigenvalue weighted by atomic mass is 32.1. The molecule has 1 nitrogen and oxygen atoms in total. The van der Waals surface area contributed by atoms with E-state index in [0.29, 0.717) is 6.54 Å². The molecule has 0 amide bonds. The van der Waals surface area contributed by atoms with Gasteiger partial charge in [-0.1, -0.05) is 20.8 Å². The minimum absolute atomic E-state index is 0.000741. The van der Waals surface area contributed by atoms with Crippen molar-refractivity contribution in [2.24, 2.45) is 5.73 Å². The molecule has 0 aliphatic rings. The molecule has 0 saturated carbocycles. The third-order valence-corrected chi connectivity index (χ3v) is 3.85. The lowest BCUT2D eigenvalue weighted by atomic mass is 9.85. The molecule has 3 heteroatoms. The summed E-state index contributed by atoms with van der Waals surface area (Å²) in [6.45, 7) is 6.93. The predicted octanol–water partition coefficient (Wildman–Crippen LogP) is 3.80. The van der Waals surface area contributed by atoms with Gasteiger partial charge in [0, 0.05) is 16.1 Å². The first-order valence-corrected chi connectivity index (χ1v) is 6.16. The Morgan fingerprint density at radius 3 is 2.56 bits per heavy atom. The van der Waals surface area contributed by atoms with Crippen LogP contribution in [0.3, 0.4) is 0 Å². The second-order valence-electron chi connectivity index (χ2n) is 4.99. The van der Waals surface area contributed by atoms with E-state index in [9.17, 15) is 4.39 Å². The van der Waals surface area contributed by atoms with E-state index in [0.717, 1.165) is 15.0 Å². The van der Waals surface area contributed by atoms with Gasteiger partial charge in [-0.25, -0.2) is 4.39 Å². The van der Waals surface area contributed by atoms with Crippen LogP contribution in [0, 0.1) is 5.82 Å². The normalized spacial score (nSPS) is 12.3. The molecule has 0 aliphatic carbocycles. The van der Waals surface area contributed by atoms with Gasteiger partial charge in [0.25, 0.3) is 0 Å². The van der Waals surface area contributed by atoms with Crippen LogP contribution in [-0.2, 0) is 12.0 Å². The SMILES string of the molecule is CC(C)(C)c1c(CN)sc2ccc(F)cc12. The lowest BCUT2D eigenvalue weighted by Gasteiger charge is -2.20. The topological polar surface area (TPSA) is 26.0 Å². The maximum absolute atomic E-state index is 13.3. The summed E-state index contributed by atoms with van der Waals surface area (Å²) in [5.74, 6) is -0.181. The zero-order valence-corrected chi connectivity index (χ0v) is 10.6. The number of hydrogen-bond acceptors (Lipinski definition) is 2. The van der Waals surface area contributed by atoms with Gasteiger partial charge in [-0.3, -0.25) is 0 Å². The molecule has 0 radical (unpaired) electrons. The van der Waals surface area contributed by atoms with Crippen LogP contribution in [0.1, 0.15) is 31.2 Å². The number of benzene rings is 1. The minimum atomic E-state index is -0.181. The molecule has 1 aromatic heterocycles. The molecule has 2 N–H and O–H groups in total. The summed E-state index contributed by atoms with van der Waals surface area (Å²) in [6, 6.07) is 4.96. The van der Waals surface area contributed by atoms with Crippen molar-refractivity contribution in [3.8, 4) is 0 Å². The quantitative estimate of drug-likeness (QED) is 0.802. The van der Waals surface area contributed by atoms with Crippen molar-refractivity contribution in [3.63, 3.8) is 0 Å². The summed E-state index contributed by atoms with van der Waals surface area (Å²) in [4.78, 5) is 1.16. The summed E-state index contributed by atoms with van der Waals surface area (Å²) in [5.41, 5.74) is 6.96. The molecule has 2 aromatic rings. The van der Waals surface area contributed by atoms with E-state index in [1.54, 1.807) is 17.4 Å². The predicted molar refractivity (Wildman–Crippen MR) is 68.4 cm³/mol. The van der Waals surface area contributed by atoms with E-state index in [2.05, 4.69) is 20.8 Å². The fourth-order valence-corrected chi connectivity index (χ4v) is 3.36. The Balaban J connectivity index is 2.81. The Bertz CT molecular complexity index is 522. The molecule has 0 aliphatic heterocycles. The first-order valence-electron chi connectivity index (χ1n) is 5.35. The largest absolute Gasteiger partial charge is 0.326 e. The van der Waals surface area contributed by atoms with Gasteiger partial charge < -0.3 is 5.73 Å². The summed E-state index contributed by atoms with van der Waals surface area (Å²) in [7, 11) is 0. The molecule has 1 aromatic carbocycles. The number of halogens is 1. The van der Waals surface area contributed by atoms with E-state index in [-0.39, 0.29) is 11.2 Å². The number of rotatable bonds is 1.